The molecule has 0 aliphatic carbocycles. The van der Waals surface area contributed by atoms with Crippen LogP contribution < -0.4 is 10.6 Å². The van der Waals surface area contributed by atoms with Crippen molar-refractivity contribution in [1.82, 2.24) is 20.8 Å². The van der Waals surface area contributed by atoms with Gasteiger partial charge in [-0.3, -0.25) is 9.59 Å². The molecule has 9 heteroatoms. The molecule has 0 fully saturated rings. The summed E-state index contributed by atoms with van der Waals surface area (Å²) in [7, 11) is 0. The third-order valence-electron chi connectivity index (χ3n) is 4.05. The van der Waals surface area contributed by atoms with Crippen LogP contribution in [-0.4, -0.2) is 28.5 Å². The SMILES string of the molecule is C[C@H](NC(=O)CNC(=O)c1c(F)cccc1Cl)c1noc(Cc2ccccc2)n1. The zero-order valence-electron chi connectivity index (χ0n) is 15.5. The highest BCUT2D eigenvalue weighted by molar-refractivity contribution is 6.33. The Bertz CT molecular complexity index is 990. The zero-order chi connectivity index (χ0) is 20.8. The number of carbonyl (C=O) groups excluding carboxylic acids is 2. The monoisotopic (exact) mass is 416 g/mol. The molecule has 2 N–H and O–H groups in total. The molecule has 0 aliphatic rings. The van der Waals surface area contributed by atoms with E-state index >= 15 is 0 Å². The minimum atomic E-state index is -0.777. The van der Waals surface area contributed by atoms with Gasteiger partial charge in [-0.05, 0) is 24.6 Å². The van der Waals surface area contributed by atoms with Crippen LogP contribution in [0.3, 0.4) is 0 Å². The first-order valence-electron chi connectivity index (χ1n) is 8.82. The van der Waals surface area contributed by atoms with Gasteiger partial charge in [0.05, 0.1) is 29.6 Å². The first-order valence-corrected chi connectivity index (χ1v) is 9.20. The average molecular weight is 417 g/mol. The molecule has 3 rings (SSSR count). The molecule has 1 heterocycles. The van der Waals surface area contributed by atoms with Crippen LogP contribution in [0.2, 0.25) is 5.02 Å². The summed E-state index contributed by atoms with van der Waals surface area (Å²) in [6, 6.07) is 13.0. The highest BCUT2D eigenvalue weighted by atomic mass is 35.5. The molecule has 0 saturated carbocycles. The van der Waals surface area contributed by atoms with Crippen molar-refractivity contribution in [3.63, 3.8) is 0 Å². The fraction of sp³-hybridized carbons (Fsp3) is 0.200. The van der Waals surface area contributed by atoms with Crippen LogP contribution in [0.25, 0.3) is 0 Å². The Morgan fingerprint density at radius 1 is 1.17 bits per heavy atom. The maximum atomic E-state index is 13.7. The van der Waals surface area contributed by atoms with Crippen molar-refractivity contribution < 1.29 is 18.5 Å². The second-order valence-electron chi connectivity index (χ2n) is 6.28. The maximum Gasteiger partial charge on any atom is 0.256 e. The standard InChI is InChI=1S/C20H18ClFN4O3/c1-12(19-25-17(29-26-19)10-13-6-3-2-4-7-13)24-16(27)11-23-20(28)18-14(21)8-5-9-15(18)22/h2-9,12H,10-11H2,1H3,(H,23,28)(H,24,27)/t12-/m0/s1. The van der Waals surface area contributed by atoms with E-state index in [1.54, 1.807) is 6.92 Å². The molecule has 0 saturated heterocycles. The predicted molar refractivity (Wildman–Crippen MR) is 104 cm³/mol. The van der Waals surface area contributed by atoms with Crippen molar-refractivity contribution >= 4 is 23.4 Å². The van der Waals surface area contributed by atoms with E-state index in [2.05, 4.69) is 20.8 Å². The normalized spacial score (nSPS) is 11.7. The van der Waals surface area contributed by atoms with E-state index < -0.39 is 23.7 Å². The largest absolute Gasteiger partial charge is 0.345 e. The van der Waals surface area contributed by atoms with Gasteiger partial charge in [-0.25, -0.2) is 4.39 Å². The molecule has 0 unspecified atom stereocenters. The van der Waals surface area contributed by atoms with Crippen molar-refractivity contribution in [2.75, 3.05) is 6.54 Å². The van der Waals surface area contributed by atoms with Gasteiger partial charge in [0.1, 0.15) is 5.82 Å². The van der Waals surface area contributed by atoms with Gasteiger partial charge >= 0.3 is 0 Å². The van der Waals surface area contributed by atoms with Crippen LogP contribution in [0, 0.1) is 5.82 Å². The lowest BCUT2D eigenvalue weighted by Gasteiger charge is -2.11. The Labute approximate surface area is 171 Å². The zero-order valence-corrected chi connectivity index (χ0v) is 16.2. The quantitative estimate of drug-likeness (QED) is 0.617. The van der Waals surface area contributed by atoms with Crippen molar-refractivity contribution in [2.24, 2.45) is 0 Å². The van der Waals surface area contributed by atoms with E-state index in [0.717, 1.165) is 11.6 Å². The van der Waals surface area contributed by atoms with Gasteiger partial charge in [-0.1, -0.05) is 53.2 Å². The van der Waals surface area contributed by atoms with Crippen LogP contribution >= 0.6 is 11.6 Å². The van der Waals surface area contributed by atoms with Gasteiger partial charge in [-0.2, -0.15) is 4.98 Å². The van der Waals surface area contributed by atoms with Crippen molar-refractivity contribution in [2.45, 2.75) is 19.4 Å². The molecule has 2 aromatic carbocycles. The number of benzene rings is 2. The lowest BCUT2D eigenvalue weighted by Crippen LogP contribution is -2.38. The second-order valence-corrected chi connectivity index (χ2v) is 6.68. The van der Waals surface area contributed by atoms with Crippen LogP contribution in [-0.2, 0) is 11.2 Å². The highest BCUT2D eigenvalue weighted by Gasteiger charge is 2.19. The maximum absolute atomic E-state index is 13.7. The number of carbonyl (C=O) groups is 2. The first kappa shape index (κ1) is 20.5. The topological polar surface area (TPSA) is 97.1 Å². The smallest absolute Gasteiger partial charge is 0.256 e. The van der Waals surface area contributed by atoms with Gasteiger partial charge in [0, 0.05) is 0 Å². The number of nitrogens with zero attached hydrogens (tertiary/aromatic N) is 2. The van der Waals surface area contributed by atoms with E-state index in [9.17, 15) is 14.0 Å². The molecule has 150 valence electrons. The van der Waals surface area contributed by atoms with E-state index in [4.69, 9.17) is 16.1 Å². The molecule has 3 aromatic rings. The summed E-state index contributed by atoms with van der Waals surface area (Å²) in [5, 5.41) is 8.82. The van der Waals surface area contributed by atoms with Crippen LogP contribution in [0.4, 0.5) is 4.39 Å². The summed E-state index contributed by atoms with van der Waals surface area (Å²) in [6.45, 7) is 1.33. The number of halogens is 2. The van der Waals surface area contributed by atoms with Crippen molar-refractivity contribution in [3.8, 4) is 0 Å². The number of rotatable bonds is 7. The lowest BCUT2D eigenvalue weighted by atomic mass is 10.1. The van der Waals surface area contributed by atoms with Crippen molar-refractivity contribution in [3.05, 3.63) is 82.2 Å². The van der Waals surface area contributed by atoms with Crippen LogP contribution in [0.1, 0.15) is 40.6 Å². The Morgan fingerprint density at radius 2 is 1.93 bits per heavy atom. The Kier molecular flexibility index (Phi) is 6.56. The number of amides is 2. The minimum Gasteiger partial charge on any atom is -0.345 e. The van der Waals surface area contributed by atoms with Crippen LogP contribution in [0.5, 0.6) is 0 Å². The minimum absolute atomic E-state index is 0.0333. The predicted octanol–water partition coefficient (Wildman–Crippen LogP) is 3.06. The molecule has 7 nitrogen and oxygen atoms in total. The Hall–Kier alpha value is -3.26. The molecule has 1 atom stereocenters. The summed E-state index contributed by atoms with van der Waals surface area (Å²) >= 11 is 5.84. The molecule has 2 amide bonds. The summed E-state index contributed by atoms with van der Waals surface area (Å²) < 4.78 is 19.0. The number of nitrogens with one attached hydrogen (secondary N) is 2. The summed E-state index contributed by atoms with van der Waals surface area (Å²) in [4.78, 5) is 28.4. The van der Waals surface area contributed by atoms with E-state index in [0.29, 0.717) is 18.1 Å². The fourth-order valence-corrected chi connectivity index (χ4v) is 2.86. The van der Waals surface area contributed by atoms with E-state index in [1.807, 2.05) is 30.3 Å². The molecular weight excluding hydrogens is 399 g/mol. The van der Waals surface area contributed by atoms with E-state index in [-0.39, 0.29) is 17.1 Å². The van der Waals surface area contributed by atoms with Gasteiger partial charge in [0.15, 0.2) is 5.82 Å². The first-order chi connectivity index (χ1) is 13.9. The molecule has 0 spiro atoms. The second kappa shape index (κ2) is 9.29. The molecule has 0 radical (unpaired) electrons. The highest BCUT2D eigenvalue weighted by Crippen LogP contribution is 2.18. The summed E-state index contributed by atoms with van der Waals surface area (Å²) in [5.74, 6) is -1.29. The van der Waals surface area contributed by atoms with E-state index in [1.165, 1.54) is 12.1 Å². The Balaban J connectivity index is 1.52. The van der Waals surface area contributed by atoms with Crippen molar-refractivity contribution in [1.29, 1.82) is 0 Å². The van der Waals surface area contributed by atoms with Crippen LogP contribution in [0.15, 0.2) is 53.1 Å². The number of hydrogen-bond donors (Lipinski definition) is 2. The molecule has 0 bridgehead atoms. The summed E-state index contributed by atoms with van der Waals surface area (Å²) in [5.41, 5.74) is 0.715. The number of hydrogen-bond acceptors (Lipinski definition) is 5. The Morgan fingerprint density at radius 3 is 2.66 bits per heavy atom. The average Bonchev–Trinajstić information content (AvgIpc) is 3.16. The molecule has 0 aliphatic heterocycles. The molecule has 1 aromatic heterocycles. The third kappa shape index (κ3) is 5.39. The third-order valence-corrected chi connectivity index (χ3v) is 4.36. The van der Waals surface area contributed by atoms with Gasteiger partial charge in [0.2, 0.25) is 11.8 Å². The molecule has 29 heavy (non-hydrogen) atoms. The van der Waals surface area contributed by atoms with Gasteiger partial charge in [0.25, 0.3) is 5.91 Å². The lowest BCUT2D eigenvalue weighted by molar-refractivity contribution is -0.120. The molecular formula is C20H18ClFN4O3. The fourth-order valence-electron chi connectivity index (χ4n) is 2.61. The van der Waals surface area contributed by atoms with Gasteiger partial charge < -0.3 is 15.2 Å². The van der Waals surface area contributed by atoms with Gasteiger partial charge in [-0.15, -0.1) is 0 Å². The summed E-state index contributed by atoms with van der Waals surface area (Å²) in [6.07, 6.45) is 0.480. The number of aromatic nitrogens is 2.